The van der Waals surface area contributed by atoms with Gasteiger partial charge < -0.3 is 10.6 Å². The highest BCUT2D eigenvalue weighted by molar-refractivity contribution is 7.15. The molecule has 2 aromatic rings. The van der Waals surface area contributed by atoms with Crippen molar-refractivity contribution in [2.45, 2.75) is 78.1 Å². The summed E-state index contributed by atoms with van der Waals surface area (Å²) in [6, 6.07) is 7.10. The Balaban J connectivity index is 1.67. The van der Waals surface area contributed by atoms with Gasteiger partial charge in [0.25, 0.3) is 5.91 Å². The van der Waals surface area contributed by atoms with E-state index >= 15 is 0 Å². The second-order valence-corrected chi connectivity index (χ2v) is 9.45. The van der Waals surface area contributed by atoms with Crippen molar-refractivity contribution in [3.05, 3.63) is 40.4 Å². The van der Waals surface area contributed by atoms with Gasteiger partial charge in [-0.25, -0.2) is 4.98 Å². The normalized spacial score (nSPS) is 10.8. The van der Waals surface area contributed by atoms with Crippen molar-refractivity contribution in [2.24, 2.45) is 0 Å². The van der Waals surface area contributed by atoms with Crippen molar-refractivity contribution in [3.63, 3.8) is 0 Å². The first-order chi connectivity index (χ1) is 15.5. The minimum Gasteiger partial charge on any atom is -0.325 e. The highest BCUT2D eigenvalue weighted by Gasteiger charge is 2.15. The maximum atomic E-state index is 12.7. The third kappa shape index (κ3) is 9.49. The van der Waals surface area contributed by atoms with Crippen LogP contribution < -0.4 is 16.0 Å². The second-order valence-electron chi connectivity index (χ2n) is 8.24. The first kappa shape index (κ1) is 26.0. The van der Waals surface area contributed by atoms with Gasteiger partial charge in [-0.15, -0.1) is 11.3 Å². The number of rotatable bonds is 15. The molecule has 1 aromatic heterocycles. The van der Waals surface area contributed by atoms with Crippen LogP contribution >= 0.6 is 11.3 Å². The van der Waals surface area contributed by atoms with Crippen LogP contribution in [0.3, 0.4) is 0 Å². The van der Waals surface area contributed by atoms with Crippen LogP contribution in [-0.2, 0) is 4.79 Å². The molecule has 0 fully saturated rings. The second kappa shape index (κ2) is 14.7. The molecule has 0 bridgehead atoms. The first-order valence-electron chi connectivity index (χ1n) is 11.8. The molecule has 2 amide bonds. The van der Waals surface area contributed by atoms with Gasteiger partial charge in [0.15, 0.2) is 5.13 Å². The molecule has 2 rings (SSSR count). The van der Waals surface area contributed by atoms with E-state index in [0.717, 1.165) is 30.0 Å². The summed E-state index contributed by atoms with van der Waals surface area (Å²) in [4.78, 5) is 30.5. The smallest absolute Gasteiger partial charge is 0.259 e. The fraction of sp³-hybridized carbons (Fsp3) is 0.560. The lowest BCUT2D eigenvalue weighted by molar-refractivity contribution is -0.116. The van der Waals surface area contributed by atoms with Gasteiger partial charge in [-0.3, -0.25) is 14.9 Å². The number of carbonyl (C=O) groups excluding carboxylic acids is 2. The number of thiazole rings is 1. The van der Waals surface area contributed by atoms with Crippen LogP contribution in [0.1, 0.15) is 85.1 Å². The molecule has 0 aliphatic rings. The van der Waals surface area contributed by atoms with Crippen molar-refractivity contribution in [1.29, 1.82) is 0 Å². The third-order valence-corrected chi connectivity index (χ3v) is 6.51. The van der Waals surface area contributed by atoms with Gasteiger partial charge in [0.1, 0.15) is 0 Å². The Kier molecular flexibility index (Phi) is 12.0. The molecule has 1 aromatic carbocycles. The largest absolute Gasteiger partial charge is 0.325 e. The maximum absolute atomic E-state index is 12.7. The fourth-order valence-corrected chi connectivity index (χ4v) is 4.33. The van der Waals surface area contributed by atoms with E-state index in [1.165, 1.54) is 56.3 Å². The average molecular weight is 459 g/mol. The number of unbranched alkanes of at least 4 members (excludes halogenated alkanes) is 8. The minimum absolute atomic E-state index is 0.0456. The predicted octanol–water partition coefficient (Wildman–Crippen LogP) is 6.07. The molecule has 6 nitrogen and oxygen atoms in total. The third-order valence-electron chi connectivity index (χ3n) is 5.53. The van der Waals surface area contributed by atoms with Crippen LogP contribution in [0, 0.1) is 13.8 Å². The van der Waals surface area contributed by atoms with Crippen molar-refractivity contribution < 1.29 is 9.59 Å². The lowest BCUT2D eigenvalue weighted by atomic mass is 10.1. The average Bonchev–Trinajstić information content (AvgIpc) is 3.09. The van der Waals surface area contributed by atoms with E-state index in [-0.39, 0.29) is 11.8 Å². The zero-order chi connectivity index (χ0) is 23.2. The highest BCUT2D eigenvalue weighted by Crippen LogP contribution is 2.23. The zero-order valence-corrected chi connectivity index (χ0v) is 20.6. The Labute approximate surface area is 196 Å². The van der Waals surface area contributed by atoms with Crippen LogP contribution in [0.2, 0.25) is 0 Å². The summed E-state index contributed by atoms with van der Waals surface area (Å²) in [5.41, 5.74) is 1.90. The van der Waals surface area contributed by atoms with Crippen molar-refractivity contribution in [2.75, 3.05) is 24.2 Å². The van der Waals surface area contributed by atoms with Crippen LogP contribution in [0.5, 0.6) is 0 Å². The number of nitrogens with one attached hydrogen (secondary N) is 3. The Hall–Kier alpha value is -2.25. The van der Waals surface area contributed by atoms with Gasteiger partial charge >= 0.3 is 0 Å². The Morgan fingerprint density at radius 1 is 0.875 bits per heavy atom. The van der Waals surface area contributed by atoms with E-state index in [9.17, 15) is 9.59 Å². The van der Waals surface area contributed by atoms with Crippen LogP contribution in [-0.4, -0.2) is 30.4 Å². The number of nitrogens with zero attached hydrogens (tertiary/aromatic N) is 1. The summed E-state index contributed by atoms with van der Waals surface area (Å²) in [5.74, 6) is -0.309. The molecule has 0 unspecified atom stereocenters. The number of hydrogen-bond acceptors (Lipinski definition) is 5. The number of aryl methyl sites for hydroxylation is 2. The molecule has 0 atom stereocenters. The molecule has 0 saturated carbocycles. The summed E-state index contributed by atoms with van der Waals surface area (Å²) in [5, 5.41) is 9.50. The molecular weight excluding hydrogens is 420 g/mol. The standard InChI is InChI=1S/C25H38N4O2S/c1-19-20(2)32-25(27-19)29-24(31)21-15-12-13-16-22(21)28-23(30)17-11-9-7-5-4-6-8-10-14-18-26-3/h12-13,15-16,26H,4-11,14,17-18H2,1-3H3,(H,28,30)(H,27,29,31). The van der Waals surface area contributed by atoms with E-state index in [4.69, 9.17) is 0 Å². The van der Waals surface area contributed by atoms with Crippen molar-refractivity contribution in [3.8, 4) is 0 Å². The minimum atomic E-state index is -0.263. The molecule has 0 aliphatic heterocycles. The maximum Gasteiger partial charge on any atom is 0.259 e. The van der Waals surface area contributed by atoms with Gasteiger partial charge in [-0.1, -0.05) is 57.1 Å². The van der Waals surface area contributed by atoms with Gasteiger partial charge in [0.2, 0.25) is 5.91 Å². The van der Waals surface area contributed by atoms with E-state index in [1.807, 2.05) is 27.0 Å². The summed E-state index contributed by atoms with van der Waals surface area (Å²) in [6.45, 7) is 5.01. The Morgan fingerprint density at radius 3 is 2.12 bits per heavy atom. The lowest BCUT2D eigenvalue weighted by Crippen LogP contribution is -2.18. The molecule has 0 aliphatic carbocycles. The van der Waals surface area contributed by atoms with Gasteiger partial charge in [0.05, 0.1) is 16.9 Å². The number of carbonyl (C=O) groups is 2. The molecule has 32 heavy (non-hydrogen) atoms. The molecule has 1 heterocycles. The van der Waals surface area contributed by atoms with E-state index < -0.39 is 0 Å². The van der Waals surface area contributed by atoms with Crippen molar-refractivity contribution >= 4 is 34.0 Å². The van der Waals surface area contributed by atoms with Crippen molar-refractivity contribution in [1.82, 2.24) is 10.3 Å². The summed E-state index contributed by atoms with van der Waals surface area (Å²) in [6.07, 6.45) is 11.3. The number of amides is 2. The quantitative estimate of drug-likeness (QED) is 0.283. The lowest BCUT2D eigenvalue weighted by Gasteiger charge is -2.10. The monoisotopic (exact) mass is 458 g/mol. The Morgan fingerprint density at radius 2 is 1.50 bits per heavy atom. The summed E-state index contributed by atoms with van der Waals surface area (Å²) < 4.78 is 0. The fourth-order valence-electron chi connectivity index (χ4n) is 3.52. The molecule has 0 radical (unpaired) electrons. The Bertz CT molecular complexity index is 831. The SMILES string of the molecule is CNCCCCCCCCCCCC(=O)Nc1ccccc1C(=O)Nc1nc(C)c(C)s1. The highest BCUT2D eigenvalue weighted by atomic mass is 32.1. The number of anilines is 2. The molecule has 7 heteroatoms. The number of para-hydroxylation sites is 1. The number of hydrogen-bond donors (Lipinski definition) is 3. The van der Waals surface area contributed by atoms with Crippen LogP contribution in [0.4, 0.5) is 10.8 Å². The van der Waals surface area contributed by atoms with E-state index in [1.54, 1.807) is 18.2 Å². The van der Waals surface area contributed by atoms with E-state index in [0.29, 0.717) is 22.8 Å². The van der Waals surface area contributed by atoms with Gasteiger partial charge in [-0.2, -0.15) is 0 Å². The zero-order valence-electron chi connectivity index (χ0n) is 19.8. The van der Waals surface area contributed by atoms with Gasteiger partial charge in [-0.05, 0) is 52.4 Å². The molecule has 0 spiro atoms. The van der Waals surface area contributed by atoms with E-state index in [2.05, 4.69) is 20.9 Å². The number of aromatic nitrogens is 1. The summed E-state index contributed by atoms with van der Waals surface area (Å²) in [7, 11) is 2.00. The first-order valence-corrected chi connectivity index (χ1v) is 12.6. The molecular formula is C25H38N4O2S. The number of benzene rings is 1. The predicted molar refractivity (Wildman–Crippen MR) is 135 cm³/mol. The van der Waals surface area contributed by atoms with Gasteiger partial charge in [0, 0.05) is 11.3 Å². The summed E-state index contributed by atoms with van der Waals surface area (Å²) >= 11 is 1.45. The van der Waals surface area contributed by atoms with Crippen LogP contribution in [0.25, 0.3) is 0 Å². The van der Waals surface area contributed by atoms with Crippen LogP contribution in [0.15, 0.2) is 24.3 Å². The molecule has 3 N–H and O–H groups in total. The molecule has 176 valence electrons. The molecule has 0 saturated heterocycles. The topological polar surface area (TPSA) is 83.1 Å².